The molecule has 1 aliphatic heterocycles. The molecule has 7 heteroatoms. The minimum absolute atomic E-state index is 0. The van der Waals surface area contributed by atoms with Crippen molar-refractivity contribution in [3.63, 3.8) is 0 Å². The van der Waals surface area contributed by atoms with E-state index in [2.05, 4.69) is 5.32 Å². The first-order valence-electron chi connectivity index (χ1n) is 7.76. The van der Waals surface area contributed by atoms with Crippen LogP contribution in [0.4, 0.5) is 8.78 Å². The molecule has 0 aromatic heterocycles. The highest BCUT2D eigenvalue weighted by Gasteiger charge is 2.30. The summed E-state index contributed by atoms with van der Waals surface area (Å²) in [5, 5.41) is 3.20. The van der Waals surface area contributed by atoms with Crippen molar-refractivity contribution in [2.24, 2.45) is 0 Å². The van der Waals surface area contributed by atoms with Crippen molar-refractivity contribution >= 4 is 12.4 Å². The van der Waals surface area contributed by atoms with E-state index in [0.29, 0.717) is 18.7 Å². The zero-order chi connectivity index (χ0) is 16.9. The number of ether oxygens (including phenoxy) is 3. The van der Waals surface area contributed by atoms with Crippen LogP contribution in [0.5, 0.6) is 11.5 Å². The van der Waals surface area contributed by atoms with Crippen molar-refractivity contribution in [3.8, 4) is 11.5 Å². The second-order valence-corrected chi connectivity index (χ2v) is 5.48. The minimum atomic E-state index is -0.667. The number of hydrogen-bond donors (Lipinski definition) is 1. The normalized spacial score (nSPS) is 18.1. The lowest BCUT2D eigenvalue weighted by Crippen LogP contribution is -2.43. The Morgan fingerprint density at radius 2 is 2.00 bits per heavy atom. The highest BCUT2D eigenvalue weighted by molar-refractivity contribution is 5.85. The topological polar surface area (TPSA) is 39.7 Å². The van der Waals surface area contributed by atoms with Crippen LogP contribution in [-0.4, -0.2) is 32.9 Å². The van der Waals surface area contributed by atoms with E-state index in [1.807, 2.05) is 0 Å². The zero-order valence-corrected chi connectivity index (χ0v) is 14.5. The fraction of sp³-hybridized carbons (Fsp3) is 0.333. The van der Waals surface area contributed by atoms with Crippen molar-refractivity contribution in [2.75, 3.05) is 26.8 Å². The van der Waals surface area contributed by atoms with Gasteiger partial charge < -0.3 is 19.5 Å². The van der Waals surface area contributed by atoms with Crippen molar-refractivity contribution in [3.05, 3.63) is 59.7 Å². The molecule has 1 saturated heterocycles. The van der Waals surface area contributed by atoms with Crippen LogP contribution in [0.25, 0.3) is 0 Å². The lowest BCUT2D eigenvalue weighted by molar-refractivity contribution is -0.0449. The first-order valence-corrected chi connectivity index (χ1v) is 7.76. The van der Waals surface area contributed by atoms with Gasteiger partial charge in [0.2, 0.25) is 0 Å². The molecule has 1 heterocycles. The summed E-state index contributed by atoms with van der Waals surface area (Å²) < 4.78 is 44.7. The quantitative estimate of drug-likeness (QED) is 0.873. The van der Waals surface area contributed by atoms with E-state index in [-0.39, 0.29) is 35.8 Å². The van der Waals surface area contributed by atoms with Gasteiger partial charge in [0.25, 0.3) is 0 Å². The molecule has 0 bridgehead atoms. The van der Waals surface area contributed by atoms with Gasteiger partial charge in [-0.05, 0) is 29.8 Å². The van der Waals surface area contributed by atoms with E-state index in [9.17, 15) is 8.78 Å². The molecule has 0 spiro atoms. The molecule has 1 unspecified atom stereocenters. The molecular weight excluding hydrogens is 352 g/mol. The van der Waals surface area contributed by atoms with E-state index >= 15 is 0 Å². The van der Waals surface area contributed by atoms with Gasteiger partial charge in [-0.2, -0.15) is 0 Å². The number of para-hydroxylation sites is 1. The second-order valence-electron chi connectivity index (χ2n) is 5.48. The third-order valence-corrected chi connectivity index (χ3v) is 3.87. The van der Waals surface area contributed by atoms with Crippen LogP contribution in [0.3, 0.4) is 0 Å². The standard InChI is InChI=1S/C18H19F2NO3.ClH/c1-22-15-7-3-6-14(20)18(15)24-17(16-11-21-8-9-23-16)12-4-2-5-13(19)10-12;/h2-7,10,16-17,21H,8-9,11H2,1H3;1H/t16-,17?;/m0./s1. The van der Waals surface area contributed by atoms with Gasteiger partial charge in [0.1, 0.15) is 11.9 Å². The fourth-order valence-corrected chi connectivity index (χ4v) is 2.71. The summed E-state index contributed by atoms with van der Waals surface area (Å²) >= 11 is 0. The molecule has 2 atom stereocenters. The molecule has 2 aromatic carbocycles. The number of methoxy groups -OCH3 is 1. The number of halogens is 3. The maximum atomic E-state index is 14.2. The molecule has 4 nitrogen and oxygen atoms in total. The zero-order valence-electron chi connectivity index (χ0n) is 13.7. The third-order valence-electron chi connectivity index (χ3n) is 3.87. The summed E-state index contributed by atoms with van der Waals surface area (Å²) in [5.41, 5.74) is 0.578. The van der Waals surface area contributed by atoms with Crippen LogP contribution >= 0.6 is 12.4 Å². The molecule has 3 rings (SSSR count). The van der Waals surface area contributed by atoms with E-state index in [4.69, 9.17) is 14.2 Å². The van der Waals surface area contributed by atoms with Crippen LogP contribution in [0.1, 0.15) is 11.7 Å². The number of hydrogen-bond acceptors (Lipinski definition) is 4. The lowest BCUT2D eigenvalue weighted by atomic mass is 10.0. The van der Waals surface area contributed by atoms with Crippen molar-refractivity contribution in [1.29, 1.82) is 0 Å². The Bertz CT molecular complexity index is 696. The largest absolute Gasteiger partial charge is 0.493 e. The Morgan fingerprint density at radius 1 is 1.20 bits per heavy atom. The van der Waals surface area contributed by atoms with Gasteiger partial charge in [-0.15, -0.1) is 12.4 Å². The Labute approximate surface area is 151 Å². The van der Waals surface area contributed by atoms with Gasteiger partial charge in [-0.1, -0.05) is 18.2 Å². The van der Waals surface area contributed by atoms with Crippen LogP contribution < -0.4 is 14.8 Å². The summed E-state index contributed by atoms with van der Waals surface area (Å²) in [6.45, 7) is 1.77. The predicted molar refractivity (Wildman–Crippen MR) is 92.6 cm³/mol. The first-order chi connectivity index (χ1) is 11.7. The van der Waals surface area contributed by atoms with E-state index in [1.54, 1.807) is 18.2 Å². The Balaban J connectivity index is 0.00000225. The molecule has 1 N–H and O–H groups in total. The average Bonchev–Trinajstić information content (AvgIpc) is 2.61. The van der Waals surface area contributed by atoms with Crippen LogP contribution in [0, 0.1) is 11.6 Å². The van der Waals surface area contributed by atoms with Gasteiger partial charge >= 0.3 is 0 Å². The molecule has 0 saturated carbocycles. The summed E-state index contributed by atoms with van der Waals surface area (Å²) in [4.78, 5) is 0. The highest BCUT2D eigenvalue weighted by Crippen LogP contribution is 2.35. The van der Waals surface area contributed by atoms with E-state index in [1.165, 1.54) is 31.4 Å². The minimum Gasteiger partial charge on any atom is -0.493 e. The molecule has 136 valence electrons. The number of benzene rings is 2. The summed E-state index contributed by atoms with van der Waals surface area (Å²) in [6, 6.07) is 10.5. The van der Waals surface area contributed by atoms with Gasteiger partial charge in [0, 0.05) is 13.1 Å². The third kappa shape index (κ3) is 4.60. The number of nitrogens with one attached hydrogen (secondary N) is 1. The average molecular weight is 372 g/mol. The fourth-order valence-electron chi connectivity index (χ4n) is 2.71. The molecule has 1 aliphatic rings. The van der Waals surface area contributed by atoms with Gasteiger partial charge in [0.05, 0.1) is 13.7 Å². The molecule has 0 amide bonds. The van der Waals surface area contributed by atoms with Gasteiger partial charge in [-0.3, -0.25) is 0 Å². The Kier molecular flexibility index (Phi) is 6.99. The van der Waals surface area contributed by atoms with Crippen LogP contribution in [0.2, 0.25) is 0 Å². The van der Waals surface area contributed by atoms with Crippen molar-refractivity contribution in [2.45, 2.75) is 12.2 Å². The number of morpholine rings is 1. The Morgan fingerprint density at radius 3 is 2.68 bits per heavy atom. The first kappa shape index (κ1) is 19.4. The van der Waals surface area contributed by atoms with E-state index < -0.39 is 11.9 Å². The van der Waals surface area contributed by atoms with Gasteiger partial charge in [0.15, 0.2) is 23.4 Å². The summed E-state index contributed by atoms with van der Waals surface area (Å²) in [5.74, 6) is -0.659. The molecule has 1 fully saturated rings. The molecular formula is C18H20ClF2NO3. The predicted octanol–water partition coefficient (Wildman–Crippen LogP) is 3.50. The molecule has 0 radical (unpaired) electrons. The van der Waals surface area contributed by atoms with E-state index in [0.717, 1.165) is 6.54 Å². The highest BCUT2D eigenvalue weighted by atomic mass is 35.5. The molecule has 0 aliphatic carbocycles. The second kappa shape index (κ2) is 8.99. The summed E-state index contributed by atoms with van der Waals surface area (Å²) in [7, 11) is 1.44. The Hall–Kier alpha value is -1.89. The van der Waals surface area contributed by atoms with Crippen molar-refractivity contribution in [1.82, 2.24) is 5.32 Å². The molecule has 2 aromatic rings. The van der Waals surface area contributed by atoms with Crippen molar-refractivity contribution < 1.29 is 23.0 Å². The lowest BCUT2D eigenvalue weighted by Gasteiger charge is -2.32. The monoisotopic (exact) mass is 371 g/mol. The SMILES string of the molecule is COc1cccc(F)c1OC(c1cccc(F)c1)[C@@H]1CNCCO1.Cl. The van der Waals surface area contributed by atoms with Gasteiger partial charge in [-0.25, -0.2) is 8.78 Å². The number of rotatable bonds is 5. The summed E-state index contributed by atoms with van der Waals surface area (Å²) in [6.07, 6.45) is -1.04. The maximum absolute atomic E-state index is 14.2. The van der Waals surface area contributed by atoms with Crippen LogP contribution in [0.15, 0.2) is 42.5 Å². The molecule has 25 heavy (non-hydrogen) atoms. The maximum Gasteiger partial charge on any atom is 0.197 e. The smallest absolute Gasteiger partial charge is 0.197 e. The van der Waals surface area contributed by atoms with Crippen LogP contribution in [-0.2, 0) is 4.74 Å².